The number of nitrogens with one attached hydrogen (secondary N) is 2. The smallest absolute Gasteiger partial charge is 0.410 e. The van der Waals surface area contributed by atoms with Crippen molar-refractivity contribution in [3.8, 4) is 22.6 Å². The van der Waals surface area contributed by atoms with Gasteiger partial charge in [-0.05, 0) is 41.5 Å². The number of fused-ring (bicyclic) bond motifs is 8. The molecule has 3 aliphatic rings. The first-order valence-electron chi connectivity index (χ1n) is 14.2. The number of cyclic esters (lactones) is 1. The molecular weight excluding hydrogens is 573 g/mol. The average Bonchev–Trinajstić information content (AvgIpc) is 3.43. The average molecular weight is 604 g/mol. The molecule has 0 saturated carbocycles. The molecule has 6 bridgehead atoms. The lowest BCUT2D eigenvalue weighted by Crippen LogP contribution is -2.59. The van der Waals surface area contributed by atoms with Crippen LogP contribution < -0.4 is 20.1 Å². The number of piperidine rings is 1. The van der Waals surface area contributed by atoms with E-state index in [0.717, 1.165) is 5.56 Å². The van der Waals surface area contributed by atoms with E-state index in [2.05, 4.69) is 15.6 Å². The number of rotatable bonds is 2. The summed E-state index contributed by atoms with van der Waals surface area (Å²) in [5.41, 5.74) is 2.13. The van der Waals surface area contributed by atoms with E-state index >= 15 is 0 Å². The Morgan fingerprint density at radius 3 is 2.68 bits per heavy atom. The van der Waals surface area contributed by atoms with E-state index in [1.807, 2.05) is 6.07 Å². The quantitative estimate of drug-likeness (QED) is 0.454. The Balaban J connectivity index is 1.30. The second-order valence-corrected chi connectivity index (χ2v) is 10.8. The number of likely N-dealkylation sites (tertiary alicyclic amines) is 1. The van der Waals surface area contributed by atoms with Crippen LogP contribution in [0.15, 0.2) is 60.9 Å². The van der Waals surface area contributed by atoms with Crippen LogP contribution in [0.2, 0.25) is 0 Å². The third kappa shape index (κ3) is 6.72. The second kappa shape index (κ2) is 12.6. The molecule has 3 aliphatic heterocycles. The van der Waals surface area contributed by atoms with Gasteiger partial charge in [-0.3, -0.25) is 24.3 Å². The van der Waals surface area contributed by atoms with Gasteiger partial charge in [0, 0.05) is 50.1 Å². The number of halogens is 1. The van der Waals surface area contributed by atoms with Gasteiger partial charge in [-0.1, -0.05) is 12.1 Å². The summed E-state index contributed by atoms with van der Waals surface area (Å²) in [5, 5.41) is 5.71. The van der Waals surface area contributed by atoms with E-state index in [4.69, 9.17) is 14.2 Å². The Kier molecular flexibility index (Phi) is 8.26. The van der Waals surface area contributed by atoms with Crippen LogP contribution in [0.25, 0.3) is 11.1 Å². The maximum absolute atomic E-state index is 14.6. The van der Waals surface area contributed by atoms with Crippen molar-refractivity contribution in [2.75, 3.05) is 39.4 Å². The zero-order valence-electron chi connectivity index (χ0n) is 23.7. The van der Waals surface area contributed by atoms with Gasteiger partial charge < -0.3 is 29.7 Å². The van der Waals surface area contributed by atoms with E-state index in [9.17, 15) is 23.6 Å². The largest absolute Gasteiger partial charge is 0.488 e. The second-order valence-electron chi connectivity index (χ2n) is 10.8. The first-order chi connectivity index (χ1) is 21.3. The Bertz CT molecular complexity index is 1600. The van der Waals surface area contributed by atoms with E-state index in [1.54, 1.807) is 41.4 Å². The topological polar surface area (TPSA) is 139 Å². The van der Waals surface area contributed by atoms with Crippen LogP contribution in [0, 0.1) is 5.82 Å². The number of aromatic nitrogens is 1. The van der Waals surface area contributed by atoms with Crippen LogP contribution in [-0.4, -0.2) is 90.1 Å². The van der Waals surface area contributed by atoms with Gasteiger partial charge in [-0.15, -0.1) is 0 Å². The Morgan fingerprint density at radius 2 is 1.84 bits per heavy atom. The molecule has 228 valence electrons. The minimum absolute atomic E-state index is 0.0416. The van der Waals surface area contributed by atoms with Gasteiger partial charge in [0.25, 0.3) is 11.8 Å². The molecule has 1 aromatic heterocycles. The van der Waals surface area contributed by atoms with E-state index in [-0.39, 0.29) is 50.1 Å². The minimum atomic E-state index is -0.681. The number of carbonyl (C=O) groups excluding carboxylic acids is 4. The predicted octanol–water partition coefficient (Wildman–Crippen LogP) is 2.13. The number of carbonyl (C=O) groups is 4. The molecule has 2 fully saturated rings. The zero-order chi connectivity index (χ0) is 30.6. The molecule has 3 aromatic rings. The lowest BCUT2D eigenvalue weighted by atomic mass is 10.0. The summed E-state index contributed by atoms with van der Waals surface area (Å²) in [5.74, 6) is -1.01. The molecule has 6 rings (SSSR count). The molecule has 0 spiro atoms. The lowest BCUT2D eigenvalue weighted by molar-refractivity contribution is -0.134. The van der Waals surface area contributed by atoms with Gasteiger partial charge in [-0.2, -0.15) is 0 Å². The number of hydrogen-bond acceptors (Lipinski definition) is 8. The van der Waals surface area contributed by atoms with Gasteiger partial charge in [0.05, 0.1) is 18.2 Å². The van der Waals surface area contributed by atoms with Crippen LogP contribution in [-0.2, 0) is 20.9 Å². The summed E-state index contributed by atoms with van der Waals surface area (Å²) < 4.78 is 31.4. The van der Waals surface area contributed by atoms with E-state index < -0.39 is 35.9 Å². The van der Waals surface area contributed by atoms with Crippen molar-refractivity contribution in [2.24, 2.45) is 0 Å². The fourth-order valence-corrected chi connectivity index (χ4v) is 5.37. The van der Waals surface area contributed by atoms with Gasteiger partial charge in [0.2, 0.25) is 5.91 Å². The number of pyridine rings is 1. The highest BCUT2D eigenvalue weighted by atomic mass is 19.1. The highest BCUT2D eigenvalue weighted by Crippen LogP contribution is 2.26. The predicted molar refractivity (Wildman–Crippen MR) is 153 cm³/mol. The number of hydrogen-bond donors (Lipinski definition) is 2. The zero-order valence-corrected chi connectivity index (χ0v) is 23.7. The van der Waals surface area contributed by atoms with Crippen LogP contribution >= 0.6 is 0 Å². The maximum atomic E-state index is 14.6. The fourth-order valence-electron chi connectivity index (χ4n) is 5.37. The molecule has 12 nitrogen and oxygen atoms in total. The van der Waals surface area contributed by atoms with Crippen LogP contribution in [0.5, 0.6) is 11.5 Å². The SMILES string of the molecule is O=C1COc2cccc(c2)-c2cncc(c2)C(=O)N[C@@H]2CN(C(=O)CN3CCOC3=O)CC[C@@H]2Oc2cc(F)cc(c2)CN1. The first kappa shape index (κ1) is 28.9. The van der Waals surface area contributed by atoms with Gasteiger partial charge in [-0.25, -0.2) is 9.18 Å². The molecule has 0 aliphatic carbocycles. The Labute approximate surface area is 252 Å². The first-order valence-corrected chi connectivity index (χ1v) is 14.2. The van der Waals surface area contributed by atoms with Crippen molar-refractivity contribution in [1.29, 1.82) is 0 Å². The molecule has 4 amide bonds. The molecule has 2 saturated heterocycles. The summed E-state index contributed by atoms with van der Waals surface area (Å²) >= 11 is 0. The van der Waals surface area contributed by atoms with Crippen molar-refractivity contribution in [1.82, 2.24) is 25.4 Å². The maximum Gasteiger partial charge on any atom is 0.410 e. The third-order valence-corrected chi connectivity index (χ3v) is 7.64. The van der Waals surface area contributed by atoms with Crippen molar-refractivity contribution in [3.05, 3.63) is 77.9 Å². The number of ether oxygens (including phenoxy) is 3. The summed E-state index contributed by atoms with van der Waals surface area (Å²) in [6.07, 6.45) is 2.21. The van der Waals surface area contributed by atoms with Crippen LogP contribution in [0.3, 0.4) is 0 Å². The van der Waals surface area contributed by atoms with Gasteiger partial charge >= 0.3 is 6.09 Å². The Morgan fingerprint density at radius 1 is 0.977 bits per heavy atom. The van der Waals surface area contributed by atoms with E-state index in [1.165, 1.54) is 23.2 Å². The monoisotopic (exact) mass is 603 g/mol. The summed E-state index contributed by atoms with van der Waals surface area (Å²) in [7, 11) is 0. The number of benzene rings is 2. The third-order valence-electron chi connectivity index (χ3n) is 7.64. The van der Waals surface area contributed by atoms with Crippen molar-refractivity contribution in [3.63, 3.8) is 0 Å². The molecule has 2 aromatic carbocycles. The fraction of sp³-hybridized carbons (Fsp3) is 0.323. The van der Waals surface area contributed by atoms with Gasteiger partial charge in [0.1, 0.15) is 36.6 Å². The molecule has 2 N–H and O–H groups in total. The molecule has 2 atom stereocenters. The molecule has 0 unspecified atom stereocenters. The minimum Gasteiger partial charge on any atom is -0.488 e. The summed E-state index contributed by atoms with van der Waals surface area (Å²) in [6, 6.07) is 12.2. The van der Waals surface area contributed by atoms with Gasteiger partial charge in [0.15, 0.2) is 6.61 Å². The molecular formula is C31H30FN5O7. The van der Waals surface area contributed by atoms with Crippen LogP contribution in [0.1, 0.15) is 22.3 Å². The molecule has 44 heavy (non-hydrogen) atoms. The van der Waals surface area contributed by atoms with Crippen molar-refractivity contribution < 1.29 is 37.8 Å². The number of nitrogens with zero attached hydrogens (tertiary/aromatic N) is 3. The summed E-state index contributed by atoms with van der Waals surface area (Å²) in [4.78, 5) is 58.2. The Hall–Kier alpha value is -5.20. The molecule has 0 radical (unpaired) electrons. The highest BCUT2D eigenvalue weighted by molar-refractivity contribution is 5.95. The van der Waals surface area contributed by atoms with Crippen molar-refractivity contribution in [2.45, 2.75) is 25.1 Å². The van der Waals surface area contributed by atoms with Crippen molar-refractivity contribution >= 4 is 23.8 Å². The van der Waals surface area contributed by atoms with E-state index in [0.29, 0.717) is 36.4 Å². The summed E-state index contributed by atoms with van der Waals surface area (Å²) in [6.45, 7) is 0.599. The molecule has 4 heterocycles. The standard InChI is InChI=1S/C31H30FN5O7/c32-23-8-19-9-25(12-23)44-27-4-5-36(29(39)17-37-6-7-42-31(37)41)16-26(27)35-30(40)22-10-21(14-33-15-22)20-2-1-3-24(11-20)43-18-28(38)34-13-19/h1-3,8-12,14-15,26-27H,4-7,13,16-18H2,(H,34,38)(H,35,40)/t26-,27+/m1/s1. The lowest BCUT2D eigenvalue weighted by Gasteiger charge is -2.39. The molecule has 13 heteroatoms. The van der Waals surface area contributed by atoms with Crippen LogP contribution in [0.4, 0.5) is 9.18 Å². The normalized spacial score (nSPS) is 20.4. The number of amides is 4. The highest BCUT2D eigenvalue weighted by Gasteiger charge is 2.36.